The summed E-state index contributed by atoms with van der Waals surface area (Å²) in [5, 5.41) is 4.20. The van der Waals surface area contributed by atoms with Crippen molar-refractivity contribution in [3.63, 3.8) is 0 Å². The van der Waals surface area contributed by atoms with Gasteiger partial charge in [-0.1, -0.05) is 30.3 Å². The van der Waals surface area contributed by atoms with Crippen molar-refractivity contribution in [1.82, 2.24) is 24.9 Å². The molecule has 5 aromatic rings. The Labute approximate surface area is 177 Å². The number of nitrogens with one attached hydrogen (secondary N) is 1. The standard InChI is InChI=1S/C24H17FN6/c25-18-6-3-5-16(11-18)20-8-4-9-21-22(20)24(29-14-19-7-1-2-10-28-19)31-23(30-21)17-12-26-15-27-13-17/h1-13,15H,14H2,(H,29,30,31). The number of anilines is 1. The zero-order valence-corrected chi connectivity index (χ0v) is 16.4. The summed E-state index contributed by atoms with van der Waals surface area (Å²) < 4.78 is 13.9. The normalized spacial score (nSPS) is 10.9. The van der Waals surface area contributed by atoms with E-state index < -0.39 is 0 Å². The monoisotopic (exact) mass is 408 g/mol. The molecule has 0 saturated heterocycles. The van der Waals surface area contributed by atoms with Gasteiger partial charge < -0.3 is 5.32 Å². The molecule has 0 amide bonds. The van der Waals surface area contributed by atoms with Crippen LogP contribution in [0.4, 0.5) is 10.2 Å². The van der Waals surface area contributed by atoms with Crippen molar-refractivity contribution in [3.05, 3.63) is 97.1 Å². The Morgan fingerprint density at radius 2 is 1.71 bits per heavy atom. The first-order chi connectivity index (χ1) is 15.3. The van der Waals surface area contributed by atoms with Crippen molar-refractivity contribution in [2.24, 2.45) is 0 Å². The van der Waals surface area contributed by atoms with E-state index in [-0.39, 0.29) is 5.82 Å². The average molecular weight is 408 g/mol. The lowest BCUT2D eigenvalue weighted by atomic mass is 10.0. The van der Waals surface area contributed by atoms with E-state index in [2.05, 4.69) is 20.3 Å². The van der Waals surface area contributed by atoms with Crippen LogP contribution in [0.15, 0.2) is 85.6 Å². The molecule has 0 saturated carbocycles. The lowest BCUT2D eigenvalue weighted by Gasteiger charge is -2.14. The van der Waals surface area contributed by atoms with E-state index in [1.807, 2.05) is 42.5 Å². The van der Waals surface area contributed by atoms with E-state index in [1.165, 1.54) is 18.5 Å². The van der Waals surface area contributed by atoms with Crippen LogP contribution in [0.2, 0.25) is 0 Å². The molecule has 2 aromatic carbocycles. The Bertz CT molecular complexity index is 1340. The molecule has 0 aliphatic heterocycles. The fourth-order valence-electron chi connectivity index (χ4n) is 3.43. The number of aromatic nitrogens is 5. The Morgan fingerprint density at radius 1 is 0.839 bits per heavy atom. The predicted octanol–water partition coefficient (Wildman–Crippen LogP) is 4.90. The topological polar surface area (TPSA) is 76.5 Å². The van der Waals surface area contributed by atoms with Gasteiger partial charge in [0.15, 0.2) is 5.82 Å². The van der Waals surface area contributed by atoms with Gasteiger partial charge >= 0.3 is 0 Å². The maximum absolute atomic E-state index is 13.9. The molecule has 5 rings (SSSR count). The van der Waals surface area contributed by atoms with Crippen LogP contribution in [0.5, 0.6) is 0 Å². The van der Waals surface area contributed by atoms with Crippen molar-refractivity contribution >= 4 is 16.7 Å². The molecule has 31 heavy (non-hydrogen) atoms. The maximum Gasteiger partial charge on any atom is 0.165 e. The highest BCUT2D eigenvalue weighted by Crippen LogP contribution is 2.34. The summed E-state index contributed by atoms with van der Waals surface area (Å²) in [6.45, 7) is 0.481. The van der Waals surface area contributed by atoms with Crippen LogP contribution in [0.3, 0.4) is 0 Å². The van der Waals surface area contributed by atoms with E-state index in [9.17, 15) is 4.39 Å². The summed E-state index contributed by atoms with van der Waals surface area (Å²) in [7, 11) is 0. The molecule has 1 N–H and O–H groups in total. The van der Waals surface area contributed by atoms with E-state index in [4.69, 9.17) is 9.97 Å². The Hall–Kier alpha value is -4.26. The number of benzene rings is 2. The van der Waals surface area contributed by atoms with Gasteiger partial charge in [-0.3, -0.25) is 4.98 Å². The van der Waals surface area contributed by atoms with Gasteiger partial charge in [0, 0.05) is 18.6 Å². The van der Waals surface area contributed by atoms with Gasteiger partial charge in [0.05, 0.1) is 28.7 Å². The number of pyridine rings is 1. The zero-order chi connectivity index (χ0) is 21.0. The van der Waals surface area contributed by atoms with E-state index in [0.717, 1.165) is 27.7 Å². The van der Waals surface area contributed by atoms with E-state index in [0.29, 0.717) is 23.8 Å². The van der Waals surface area contributed by atoms with Crippen LogP contribution in [0.1, 0.15) is 5.69 Å². The van der Waals surface area contributed by atoms with Crippen molar-refractivity contribution < 1.29 is 4.39 Å². The van der Waals surface area contributed by atoms with Gasteiger partial charge in [-0.2, -0.15) is 0 Å². The number of nitrogens with zero attached hydrogens (tertiary/aromatic N) is 5. The maximum atomic E-state index is 13.9. The number of fused-ring (bicyclic) bond motifs is 1. The third-order valence-electron chi connectivity index (χ3n) is 4.84. The zero-order valence-electron chi connectivity index (χ0n) is 16.4. The Balaban J connectivity index is 1.69. The minimum atomic E-state index is -0.295. The summed E-state index contributed by atoms with van der Waals surface area (Å²) in [4.78, 5) is 22.0. The number of rotatable bonds is 5. The molecule has 0 aliphatic rings. The van der Waals surface area contributed by atoms with Gasteiger partial charge in [-0.15, -0.1) is 0 Å². The largest absolute Gasteiger partial charge is 0.364 e. The molecule has 0 bridgehead atoms. The van der Waals surface area contributed by atoms with Gasteiger partial charge in [0.25, 0.3) is 0 Å². The summed E-state index contributed by atoms with van der Waals surface area (Å²) >= 11 is 0. The molecule has 0 atom stereocenters. The van der Waals surface area contributed by atoms with Crippen LogP contribution >= 0.6 is 0 Å². The van der Waals surface area contributed by atoms with E-state index in [1.54, 1.807) is 24.7 Å². The minimum absolute atomic E-state index is 0.295. The smallest absolute Gasteiger partial charge is 0.165 e. The summed E-state index contributed by atoms with van der Waals surface area (Å²) in [5.74, 6) is 0.846. The molecular weight excluding hydrogens is 391 g/mol. The van der Waals surface area contributed by atoms with Crippen LogP contribution < -0.4 is 5.32 Å². The van der Waals surface area contributed by atoms with Gasteiger partial charge in [-0.05, 0) is 41.5 Å². The number of halogens is 1. The lowest BCUT2D eigenvalue weighted by Crippen LogP contribution is -2.06. The highest BCUT2D eigenvalue weighted by Gasteiger charge is 2.15. The SMILES string of the molecule is Fc1cccc(-c2cccc3nc(-c4cncnc4)nc(NCc4ccccn4)c23)c1. The summed E-state index contributed by atoms with van der Waals surface area (Å²) in [6.07, 6.45) is 6.56. The van der Waals surface area contributed by atoms with Crippen molar-refractivity contribution in [3.8, 4) is 22.5 Å². The first-order valence-corrected chi connectivity index (χ1v) is 9.74. The second-order valence-corrected chi connectivity index (χ2v) is 6.91. The lowest BCUT2D eigenvalue weighted by molar-refractivity contribution is 0.628. The minimum Gasteiger partial charge on any atom is -0.364 e. The molecule has 3 aromatic heterocycles. The van der Waals surface area contributed by atoms with Crippen LogP contribution in [0, 0.1) is 5.82 Å². The molecule has 0 unspecified atom stereocenters. The molecule has 0 radical (unpaired) electrons. The highest BCUT2D eigenvalue weighted by molar-refractivity contribution is 6.02. The first-order valence-electron chi connectivity index (χ1n) is 9.74. The summed E-state index contributed by atoms with van der Waals surface area (Å²) in [6, 6.07) is 18.0. The molecule has 7 heteroatoms. The van der Waals surface area contributed by atoms with Crippen molar-refractivity contribution in [2.45, 2.75) is 6.54 Å². The first kappa shape index (κ1) is 18.7. The van der Waals surface area contributed by atoms with Crippen LogP contribution in [-0.2, 0) is 6.54 Å². The highest BCUT2D eigenvalue weighted by atomic mass is 19.1. The molecule has 6 nitrogen and oxygen atoms in total. The van der Waals surface area contributed by atoms with Gasteiger partial charge in [0.2, 0.25) is 0 Å². The second kappa shape index (κ2) is 8.23. The number of hydrogen-bond acceptors (Lipinski definition) is 6. The van der Waals surface area contributed by atoms with Gasteiger partial charge in [-0.25, -0.2) is 24.3 Å². The fourth-order valence-corrected chi connectivity index (χ4v) is 3.43. The van der Waals surface area contributed by atoms with Crippen LogP contribution in [0.25, 0.3) is 33.4 Å². The Morgan fingerprint density at radius 3 is 2.52 bits per heavy atom. The Kier molecular flexibility index (Phi) is 4.98. The number of hydrogen-bond donors (Lipinski definition) is 1. The molecule has 0 aliphatic carbocycles. The predicted molar refractivity (Wildman–Crippen MR) is 118 cm³/mol. The molecular formula is C24H17FN6. The van der Waals surface area contributed by atoms with Crippen molar-refractivity contribution in [2.75, 3.05) is 5.32 Å². The molecule has 0 fully saturated rings. The van der Waals surface area contributed by atoms with Crippen LogP contribution in [-0.4, -0.2) is 24.9 Å². The quantitative estimate of drug-likeness (QED) is 0.446. The molecule has 150 valence electrons. The molecule has 0 spiro atoms. The fraction of sp³-hybridized carbons (Fsp3) is 0.0417. The third kappa shape index (κ3) is 3.93. The average Bonchev–Trinajstić information content (AvgIpc) is 2.83. The molecule has 3 heterocycles. The van der Waals surface area contributed by atoms with Crippen molar-refractivity contribution in [1.29, 1.82) is 0 Å². The third-order valence-corrected chi connectivity index (χ3v) is 4.84. The summed E-state index contributed by atoms with van der Waals surface area (Å²) in [5.41, 5.74) is 3.92. The second-order valence-electron chi connectivity index (χ2n) is 6.91. The van der Waals surface area contributed by atoms with E-state index >= 15 is 0 Å². The van der Waals surface area contributed by atoms with Gasteiger partial charge in [0.1, 0.15) is 18.0 Å².